The molecule has 0 aromatic heterocycles. The zero-order chi connectivity index (χ0) is 17.5. The predicted octanol–water partition coefficient (Wildman–Crippen LogP) is 1.96. The fraction of sp³-hybridized carbons (Fsp3) is 0.316. The number of aromatic hydroxyl groups is 1. The van der Waals surface area contributed by atoms with Crippen LogP contribution in [-0.4, -0.2) is 33.4 Å². The molecular formula is C19H23NO4. The first kappa shape index (κ1) is 18.0. The topological polar surface area (TPSA) is 104 Å². The third-order valence-corrected chi connectivity index (χ3v) is 4.10. The van der Waals surface area contributed by atoms with E-state index >= 15 is 0 Å². The molecule has 0 fully saturated rings. The molecule has 2 rings (SSSR count). The Morgan fingerprint density at radius 3 is 2.12 bits per heavy atom. The lowest BCUT2D eigenvalue weighted by Gasteiger charge is -2.22. The Bertz CT molecular complexity index is 642. The monoisotopic (exact) mass is 329 g/mol. The summed E-state index contributed by atoms with van der Waals surface area (Å²) >= 11 is 0. The van der Waals surface area contributed by atoms with Crippen LogP contribution in [0.15, 0.2) is 54.6 Å². The minimum Gasteiger partial charge on any atom is -0.508 e. The smallest absolute Gasteiger partial charge is 0.306 e. The van der Waals surface area contributed by atoms with Crippen LogP contribution in [0.5, 0.6) is 5.75 Å². The molecular weight excluding hydrogens is 306 g/mol. The molecule has 0 aliphatic heterocycles. The third kappa shape index (κ3) is 5.37. The number of hydrogen-bond acceptors (Lipinski definition) is 4. The van der Waals surface area contributed by atoms with E-state index in [1.54, 1.807) is 24.3 Å². The van der Waals surface area contributed by atoms with Gasteiger partial charge < -0.3 is 21.1 Å². The molecule has 0 bridgehead atoms. The number of phenolic OH excluding ortho intramolecular Hbond substituents is 1. The summed E-state index contributed by atoms with van der Waals surface area (Å²) in [6.45, 7) is 0. The van der Waals surface area contributed by atoms with Crippen molar-refractivity contribution in [2.45, 2.75) is 31.4 Å². The molecule has 0 spiro atoms. The van der Waals surface area contributed by atoms with Crippen LogP contribution in [0.3, 0.4) is 0 Å². The summed E-state index contributed by atoms with van der Waals surface area (Å²) in [5, 5.41) is 29.0. The molecule has 3 unspecified atom stereocenters. The van der Waals surface area contributed by atoms with Crippen LogP contribution in [0.25, 0.3) is 0 Å². The summed E-state index contributed by atoms with van der Waals surface area (Å²) in [7, 11) is 0. The number of phenols is 1. The van der Waals surface area contributed by atoms with Gasteiger partial charge in [0.05, 0.1) is 12.0 Å². The minimum atomic E-state index is -0.935. The normalized spacial score (nSPS) is 14.8. The number of hydrogen-bond donors (Lipinski definition) is 4. The lowest BCUT2D eigenvalue weighted by atomic mass is 9.90. The first-order chi connectivity index (χ1) is 11.5. The maximum Gasteiger partial charge on any atom is 0.306 e. The molecule has 3 atom stereocenters. The van der Waals surface area contributed by atoms with Gasteiger partial charge in [0.15, 0.2) is 0 Å². The van der Waals surface area contributed by atoms with Gasteiger partial charge >= 0.3 is 5.97 Å². The van der Waals surface area contributed by atoms with E-state index in [1.807, 2.05) is 30.3 Å². The molecule has 2 aromatic carbocycles. The van der Waals surface area contributed by atoms with Crippen LogP contribution in [0.4, 0.5) is 0 Å². The molecule has 0 saturated heterocycles. The van der Waals surface area contributed by atoms with Crippen molar-refractivity contribution in [1.82, 2.24) is 0 Å². The molecule has 2 aromatic rings. The molecule has 0 radical (unpaired) electrons. The average molecular weight is 329 g/mol. The number of aliphatic hydroxyl groups is 1. The molecule has 0 aliphatic rings. The minimum absolute atomic E-state index is 0.101. The van der Waals surface area contributed by atoms with Crippen molar-refractivity contribution in [3.63, 3.8) is 0 Å². The quantitative estimate of drug-likeness (QED) is 0.593. The Morgan fingerprint density at radius 1 is 0.958 bits per heavy atom. The SMILES string of the molecule is NC(Cc1ccc(O)cc1)C(O)CC(Cc1ccccc1)C(=O)O. The molecule has 5 heteroatoms. The van der Waals surface area contributed by atoms with Crippen molar-refractivity contribution in [2.75, 3.05) is 0 Å². The van der Waals surface area contributed by atoms with Crippen LogP contribution >= 0.6 is 0 Å². The van der Waals surface area contributed by atoms with Gasteiger partial charge in [0, 0.05) is 6.04 Å². The fourth-order valence-corrected chi connectivity index (χ4v) is 2.68. The summed E-state index contributed by atoms with van der Waals surface area (Å²) in [4.78, 5) is 11.5. The fourth-order valence-electron chi connectivity index (χ4n) is 2.68. The van der Waals surface area contributed by atoms with E-state index in [2.05, 4.69) is 0 Å². The number of carboxylic acid groups (broad SMARTS) is 1. The second kappa shape index (κ2) is 8.47. The largest absolute Gasteiger partial charge is 0.508 e. The van der Waals surface area contributed by atoms with Gasteiger partial charge in [-0.1, -0.05) is 42.5 Å². The summed E-state index contributed by atoms with van der Waals surface area (Å²) < 4.78 is 0. The van der Waals surface area contributed by atoms with Gasteiger partial charge in [-0.15, -0.1) is 0 Å². The molecule has 0 saturated carbocycles. The summed E-state index contributed by atoms with van der Waals surface area (Å²) in [6, 6.07) is 15.4. The summed E-state index contributed by atoms with van der Waals surface area (Å²) in [5.74, 6) is -1.45. The summed E-state index contributed by atoms with van der Waals surface area (Å²) in [5.41, 5.74) is 7.83. The Morgan fingerprint density at radius 2 is 1.54 bits per heavy atom. The predicted molar refractivity (Wildman–Crippen MR) is 91.7 cm³/mol. The van der Waals surface area contributed by atoms with E-state index in [4.69, 9.17) is 5.73 Å². The molecule has 0 heterocycles. The van der Waals surface area contributed by atoms with Crippen LogP contribution in [0.1, 0.15) is 17.5 Å². The Balaban J connectivity index is 1.95. The van der Waals surface area contributed by atoms with Crippen molar-refractivity contribution >= 4 is 5.97 Å². The molecule has 5 N–H and O–H groups in total. The number of carbonyl (C=O) groups is 1. The van der Waals surface area contributed by atoms with Crippen molar-refractivity contribution in [1.29, 1.82) is 0 Å². The van der Waals surface area contributed by atoms with Gasteiger partial charge in [-0.2, -0.15) is 0 Å². The van der Waals surface area contributed by atoms with Gasteiger partial charge in [0.25, 0.3) is 0 Å². The van der Waals surface area contributed by atoms with Crippen molar-refractivity contribution in [3.8, 4) is 5.75 Å². The lowest BCUT2D eigenvalue weighted by molar-refractivity contribution is -0.142. The standard InChI is InChI=1S/C19H23NO4/c20-17(11-14-6-8-16(21)9-7-14)18(22)12-15(19(23)24)10-13-4-2-1-3-5-13/h1-9,15,17-18,21-22H,10-12,20H2,(H,23,24). The Kier molecular flexibility index (Phi) is 6.35. The van der Waals surface area contributed by atoms with E-state index in [0.29, 0.717) is 12.8 Å². The third-order valence-electron chi connectivity index (χ3n) is 4.10. The highest BCUT2D eigenvalue weighted by atomic mass is 16.4. The van der Waals surface area contributed by atoms with Gasteiger partial charge in [0.2, 0.25) is 0 Å². The highest BCUT2D eigenvalue weighted by molar-refractivity contribution is 5.70. The number of benzene rings is 2. The van der Waals surface area contributed by atoms with E-state index in [9.17, 15) is 20.1 Å². The highest BCUT2D eigenvalue weighted by Gasteiger charge is 2.25. The lowest BCUT2D eigenvalue weighted by Crippen LogP contribution is -2.39. The molecule has 0 aliphatic carbocycles. The first-order valence-electron chi connectivity index (χ1n) is 7.94. The van der Waals surface area contributed by atoms with Gasteiger partial charge in [-0.25, -0.2) is 0 Å². The zero-order valence-corrected chi connectivity index (χ0v) is 13.4. The zero-order valence-electron chi connectivity index (χ0n) is 13.4. The molecule has 128 valence electrons. The number of aliphatic hydroxyl groups excluding tert-OH is 1. The van der Waals surface area contributed by atoms with Crippen molar-refractivity contribution in [2.24, 2.45) is 11.7 Å². The highest BCUT2D eigenvalue weighted by Crippen LogP contribution is 2.18. The van der Waals surface area contributed by atoms with Gasteiger partial charge in [-0.3, -0.25) is 4.79 Å². The second-order valence-corrected chi connectivity index (χ2v) is 6.06. The average Bonchev–Trinajstić information content (AvgIpc) is 2.57. The number of rotatable bonds is 8. The summed E-state index contributed by atoms with van der Waals surface area (Å²) in [6.07, 6.45) is -0.0366. The van der Waals surface area contributed by atoms with Gasteiger partial charge in [0.1, 0.15) is 5.75 Å². The van der Waals surface area contributed by atoms with E-state index in [1.165, 1.54) is 0 Å². The molecule has 24 heavy (non-hydrogen) atoms. The van der Waals surface area contributed by atoms with Crippen molar-refractivity contribution < 1.29 is 20.1 Å². The maximum absolute atomic E-state index is 11.5. The molecule has 0 amide bonds. The van der Waals surface area contributed by atoms with Crippen LogP contribution < -0.4 is 5.73 Å². The Hall–Kier alpha value is -2.37. The van der Waals surface area contributed by atoms with Crippen molar-refractivity contribution in [3.05, 3.63) is 65.7 Å². The maximum atomic E-state index is 11.5. The second-order valence-electron chi connectivity index (χ2n) is 6.06. The number of nitrogens with two attached hydrogens (primary N) is 1. The van der Waals surface area contributed by atoms with Crippen LogP contribution in [0.2, 0.25) is 0 Å². The van der Waals surface area contributed by atoms with Crippen LogP contribution in [-0.2, 0) is 17.6 Å². The van der Waals surface area contributed by atoms with Crippen LogP contribution in [0, 0.1) is 5.92 Å². The van der Waals surface area contributed by atoms with Gasteiger partial charge in [-0.05, 0) is 42.5 Å². The number of carboxylic acids is 1. The first-order valence-corrected chi connectivity index (χ1v) is 7.94. The number of aliphatic carboxylic acids is 1. The van der Waals surface area contributed by atoms with E-state index in [-0.39, 0.29) is 12.2 Å². The molecule has 5 nitrogen and oxygen atoms in total. The Labute approximate surface area is 141 Å². The van der Waals surface area contributed by atoms with E-state index in [0.717, 1.165) is 11.1 Å². The van der Waals surface area contributed by atoms with E-state index < -0.39 is 24.0 Å².